The van der Waals surface area contributed by atoms with Crippen LogP contribution in [0.1, 0.15) is 11.1 Å². The third-order valence-electron chi connectivity index (χ3n) is 6.95. The maximum Gasteiger partial charge on any atom is 0.298 e. The summed E-state index contributed by atoms with van der Waals surface area (Å²) in [5.74, 6) is -0.715. The highest BCUT2D eigenvalue weighted by Gasteiger charge is 2.22. The zero-order chi connectivity index (χ0) is 32.6. The smallest absolute Gasteiger partial charge is 0.298 e. The molecule has 234 valence electrons. The number of phenols is 1. The second-order valence-corrected chi connectivity index (χ2v) is 12.9. The van der Waals surface area contributed by atoms with E-state index in [0.717, 1.165) is 23.8 Å². The number of hydrogen-bond donors (Lipinski definition) is 4. The number of aromatic hydroxyl groups is 1. The quantitative estimate of drug-likeness (QED) is 0.158. The van der Waals surface area contributed by atoms with E-state index in [9.17, 15) is 35.8 Å². The van der Waals surface area contributed by atoms with Gasteiger partial charge in [-0.05, 0) is 82.6 Å². The normalized spacial score (nSPS) is 12.0. The van der Waals surface area contributed by atoms with Crippen molar-refractivity contribution in [2.45, 2.75) is 23.0 Å². The van der Waals surface area contributed by atoms with Crippen LogP contribution in [0.3, 0.4) is 0 Å². The second kappa shape index (κ2) is 11.9. The maximum absolute atomic E-state index is 12.4. The third-order valence-corrected chi connectivity index (χ3v) is 8.71. The highest BCUT2D eigenvalue weighted by atomic mass is 32.2. The summed E-state index contributed by atoms with van der Waals surface area (Å²) in [5, 5.41) is 10.8. The number of pyridine rings is 3. The van der Waals surface area contributed by atoms with Crippen LogP contribution in [0, 0.1) is 0 Å². The molecule has 3 heterocycles. The Labute approximate surface area is 261 Å². The average molecular weight is 662 g/mol. The van der Waals surface area contributed by atoms with Gasteiger partial charge in [0.1, 0.15) is 34.5 Å². The van der Waals surface area contributed by atoms with Gasteiger partial charge in [-0.15, -0.1) is 0 Å². The molecule has 0 atom stereocenters. The minimum Gasteiger partial charge on any atom is -0.506 e. The molecule has 13 nitrogen and oxygen atoms in total. The van der Waals surface area contributed by atoms with E-state index in [2.05, 4.69) is 15.0 Å². The molecule has 6 aromatic rings. The molecule has 0 spiro atoms. The number of nitrogens with one attached hydrogen (secondary N) is 1. The summed E-state index contributed by atoms with van der Waals surface area (Å²) in [7, 11) is -9.64. The average Bonchev–Trinajstić information content (AvgIpc) is 3.01. The van der Waals surface area contributed by atoms with E-state index in [-0.39, 0.29) is 35.2 Å². The van der Waals surface area contributed by atoms with Crippen molar-refractivity contribution in [2.24, 2.45) is 0 Å². The monoisotopic (exact) mass is 661 g/mol. The van der Waals surface area contributed by atoms with Gasteiger partial charge in [0, 0.05) is 23.8 Å². The lowest BCUT2D eigenvalue weighted by molar-refractivity contribution is 0.294. The van der Waals surface area contributed by atoms with Crippen molar-refractivity contribution in [3.63, 3.8) is 0 Å². The van der Waals surface area contributed by atoms with E-state index in [1.54, 1.807) is 48.7 Å². The van der Waals surface area contributed by atoms with E-state index in [0.29, 0.717) is 33.7 Å². The molecule has 0 unspecified atom stereocenters. The Morgan fingerprint density at radius 2 is 1.28 bits per heavy atom. The van der Waals surface area contributed by atoms with Gasteiger partial charge < -0.3 is 19.6 Å². The van der Waals surface area contributed by atoms with Crippen molar-refractivity contribution >= 4 is 41.9 Å². The van der Waals surface area contributed by atoms with Gasteiger partial charge >= 0.3 is 0 Å². The van der Waals surface area contributed by atoms with Crippen LogP contribution in [-0.2, 0) is 33.5 Å². The van der Waals surface area contributed by atoms with Crippen molar-refractivity contribution in [1.82, 2.24) is 15.0 Å². The minimum atomic E-state index is -4.84. The second-order valence-electron chi connectivity index (χ2n) is 10.1. The van der Waals surface area contributed by atoms with E-state index in [1.807, 2.05) is 6.07 Å². The van der Waals surface area contributed by atoms with Gasteiger partial charge in [-0.25, -0.2) is 0 Å². The van der Waals surface area contributed by atoms with Crippen LogP contribution >= 0.6 is 0 Å². The maximum atomic E-state index is 12.4. The van der Waals surface area contributed by atoms with Crippen LogP contribution in [-0.4, -0.2) is 46.0 Å². The molecule has 3 aromatic carbocycles. The fraction of sp³-hybridized carbons (Fsp3) is 0.0645. The van der Waals surface area contributed by atoms with Crippen LogP contribution in [0.5, 0.6) is 17.4 Å². The number of H-pyrrole nitrogens is 1. The fourth-order valence-electron chi connectivity index (χ4n) is 4.78. The summed E-state index contributed by atoms with van der Waals surface area (Å²) in [6.07, 6.45) is 3.09. The van der Waals surface area contributed by atoms with Gasteiger partial charge in [0.25, 0.3) is 20.2 Å². The number of rotatable bonds is 9. The zero-order valence-electron chi connectivity index (χ0n) is 23.5. The number of hydrogen-bond acceptors (Lipinski definition) is 10. The molecule has 6 rings (SSSR count). The lowest BCUT2D eigenvalue weighted by Gasteiger charge is -2.13. The number of aromatic amines is 1. The van der Waals surface area contributed by atoms with Crippen molar-refractivity contribution in [3.8, 4) is 28.8 Å². The van der Waals surface area contributed by atoms with E-state index < -0.39 is 35.8 Å². The van der Waals surface area contributed by atoms with Gasteiger partial charge in [0.2, 0.25) is 0 Å². The highest BCUT2D eigenvalue weighted by Crippen LogP contribution is 2.35. The topological polar surface area (TPSA) is 206 Å². The summed E-state index contributed by atoms with van der Waals surface area (Å²) in [5.41, 5.74) is 2.77. The molecule has 0 aliphatic heterocycles. The van der Waals surface area contributed by atoms with Crippen molar-refractivity contribution in [3.05, 3.63) is 113 Å². The first-order chi connectivity index (χ1) is 21.8. The number of ether oxygens (including phenoxy) is 2. The summed E-state index contributed by atoms with van der Waals surface area (Å²) < 4.78 is 78.2. The van der Waals surface area contributed by atoms with Crippen LogP contribution in [0.25, 0.3) is 33.1 Å². The largest absolute Gasteiger partial charge is 0.506 e. The molecule has 4 N–H and O–H groups in total. The molecule has 46 heavy (non-hydrogen) atoms. The molecular formula is C31H23N3O10S2. The Balaban J connectivity index is 1.22. The molecular weight excluding hydrogens is 638 g/mol. The van der Waals surface area contributed by atoms with Gasteiger partial charge in [-0.2, -0.15) is 16.8 Å². The lowest BCUT2D eigenvalue weighted by Crippen LogP contribution is -2.06. The Morgan fingerprint density at radius 1 is 0.696 bits per heavy atom. The van der Waals surface area contributed by atoms with E-state index in [4.69, 9.17) is 9.47 Å². The molecule has 0 saturated heterocycles. The SMILES string of the molecule is O=c1cc(OCc2ccnc(-c3cc(COc4cc5cc(O)c(S(=O)(=O)O)cc5cc4S(=O)(=O)O)ccn3)c2)[nH]c2ccccc12. The van der Waals surface area contributed by atoms with E-state index >= 15 is 0 Å². The molecule has 0 saturated carbocycles. The number of benzene rings is 3. The first-order valence-electron chi connectivity index (χ1n) is 13.4. The Morgan fingerprint density at radius 3 is 1.93 bits per heavy atom. The van der Waals surface area contributed by atoms with Gasteiger partial charge in [-0.1, -0.05) is 12.1 Å². The molecule has 0 aliphatic rings. The standard InChI is InChI=1S/C31H23N3O10S2/c35-26-15-31(34-23-4-2-1-3-22(23)26)44-17-19-6-8-33-25(10-19)24-9-18(5-7-32-24)16-43-28-12-20-11-27(36)29(45(37,38)39)13-21(20)14-30(28)46(40,41)42/h1-15,36H,16-17H2,(H,34,35)(H,37,38,39)(H,40,41,42). The molecule has 0 radical (unpaired) electrons. The van der Waals surface area contributed by atoms with Crippen LogP contribution < -0.4 is 14.9 Å². The summed E-state index contributed by atoms with van der Waals surface area (Å²) in [6, 6.07) is 19.4. The van der Waals surface area contributed by atoms with Gasteiger partial charge in [0.15, 0.2) is 11.3 Å². The summed E-state index contributed by atoms with van der Waals surface area (Å²) in [4.78, 5) is 22.8. The predicted octanol–water partition coefficient (Wildman–Crippen LogP) is 4.50. The molecule has 15 heteroatoms. The van der Waals surface area contributed by atoms with Gasteiger partial charge in [0.05, 0.1) is 16.9 Å². The van der Waals surface area contributed by atoms with Crippen molar-refractivity contribution < 1.29 is 40.5 Å². The fourth-order valence-corrected chi connectivity index (χ4v) is 6.02. The minimum absolute atomic E-state index is 0.00138. The van der Waals surface area contributed by atoms with Gasteiger partial charge in [-0.3, -0.25) is 23.9 Å². The summed E-state index contributed by atoms with van der Waals surface area (Å²) in [6.45, 7) is -0.0367. The van der Waals surface area contributed by atoms with Crippen molar-refractivity contribution in [1.29, 1.82) is 0 Å². The molecule has 0 bridgehead atoms. The lowest BCUT2D eigenvalue weighted by atomic mass is 10.1. The predicted molar refractivity (Wildman–Crippen MR) is 166 cm³/mol. The number of phenolic OH excluding ortho intramolecular Hbond substituents is 1. The molecule has 0 amide bonds. The van der Waals surface area contributed by atoms with Crippen LogP contribution in [0.4, 0.5) is 0 Å². The number of para-hydroxylation sites is 1. The molecule has 3 aromatic heterocycles. The first-order valence-corrected chi connectivity index (χ1v) is 16.3. The number of nitrogens with zero attached hydrogens (tertiary/aromatic N) is 2. The third kappa shape index (κ3) is 6.52. The first kappa shape index (κ1) is 30.7. The summed E-state index contributed by atoms with van der Waals surface area (Å²) >= 11 is 0. The molecule has 0 aliphatic carbocycles. The number of aromatic nitrogens is 3. The Bertz CT molecular complexity index is 2430. The highest BCUT2D eigenvalue weighted by molar-refractivity contribution is 7.86. The Hall–Kier alpha value is -5.35. The number of fused-ring (bicyclic) bond motifs is 2. The van der Waals surface area contributed by atoms with Crippen LogP contribution in [0.15, 0.2) is 106 Å². The van der Waals surface area contributed by atoms with E-state index in [1.165, 1.54) is 18.3 Å². The van der Waals surface area contributed by atoms with Crippen molar-refractivity contribution in [2.75, 3.05) is 0 Å². The Kier molecular flexibility index (Phi) is 7.91. The molecule has 0 fully saturated rings. The zero-order valence-corrected chi connectivity index (χ0v) is 25.1. The van der Waals surface area contributed by atoms with Crippen LogP contribution in [0.2, 0.25) is 0 Å².